The lowest BCUT2D eigenvalue weighted by Crippen LogP contribution is -2.57. The van der Waals surface area contributed by atoms with Gasteiger partial charge in [-0.3, -0.25) is 19.3 Å². The van der Waals surface area contributed by atoms with Crippen LogP contribution in [-0.4, -0.2) is 103 Å². The first kappa shape index (κ1) is 38.6. The molecule has 1 saturated carbocycles. The Morgan fingerprint density at radius 2 is 1.65 bits per heavy atom. The van der Waals surface area contributed by atoms with Crippen LogP contribution in [0.2, 0.25) is 0 Å². The number of amides is 4. The number of sulfonamides is 1. The third-order valence-corrected chi connectivity index (χ3v) is 11.5. The number of hydrogen-bond acceptors (Lipinski definition) is 7. The van der Waals surface area contributed by atoms with Crippen LogP contribution in [0.4, 0.5) is 4.79 Å². The monoisotopic (exact) mass is 703 g/mol. The van der Waals surface area contributed by atoms with Gasteiger partial charge >= 0.3 is 6.09 Å². The van der Waals surface area contributed by atoms with Crippen molar-refractivity contribution in [1.82, 2.24) is 24.7 Å². The van der Waals surface area contributed by atoms with Gasteiger partial charge in [0.05, 0.1) is 12.3 Å². The number of nitrogens with one attached hydrogen (secondary N) is 2. The number of likely N-dealkylation sites (N-methyl/N-ethyl adjacent to an activating group) is 1. The van der Waals surface area contributed by atoms with E-state index in [9.17, 15) is 27.6 Å². The van der Waals surface area contributed by atoms with E-state index in [1.807, 2.05) is 18.2 Å². The minimum Gasteiger partial charge on any atom is -0.444 e. The number of rotatable bonds is 11. The molecule has 274 valence electrons. The molecule has 4 amide bonds. The molecule has 1 heterocycles. The largest absolute Gasteiger partial charge is 0.444 e. The Hall–Kier alpha value is -3.19. The van der Waals surface area contributed by atoms with E-state index in [4.69, 9.17) is 4.74 Å². The predicted molar refractivity (Wildman–Crippen MR) is 188 cm³/mol. The third kappa shape index (κ3) is 10.2. The second kappa shape index (κ2) is 16.2. The van der Waals surface area contributed by atoms with E-state index in [1.54, 1.807) is 39.5 Å². The van der Waals surface area contributed by atoms with Crippen LogP contribution < -0.4 is 10.6 Å². The molecule has 5 atom stereocenters. The molecule has 4 rings (SSSR count). The molecule has 1 saturated heterocycles. The molecule has 2 fully saturated rings. The average molecular weight is 704 g/mol. The molecule has 49 heavy (non-hydrogen) atoms. The van der Waals surface area contributed by atoms with Crippen LogP contribution in [0.3, 0.4) is 0 Å². The second-order valence-corrected chi connectivity index (χ2v) is 17.2. The summed E-state index contributed by atoms with van der Waals surface area (Å²) >= 11 is 0. The van der Waals surface area contributed by atoms with E-state index >= 15 is 0 Å². The molecule has 1 aliphatic heterocycles. The van der Waals surface area contributed by atoms with Crippen LogP contribution in [0.1, 0.15) is 103 Å². The van der Waals surface area contributed by atoms with Crippen LogP contribution in [0.15, 0.2) is 24.3 Å². The van der Waals surface area contributed by atoms with E-state index in [0.717, 1.165) is 63.2 Å². The van der Waals surface area contributed by atoms with Gasteiger partial charge in [0.1, 0.15) is 17.7 Å². The van der Waals surface area contributed by atoms with E-state index in [2.05, 4.69) is 16.7 Å². The summed E-state index contributed by atoms with van der Waals surface area (Å²) in [5.74, 6) is -1.57. The van der Waals surface area contributed by atoms with Gasteiger partial charge < -0.3 is 20.3 Å². The molecule has 0 bridgehead atoms. The number of ether oxygens (including phenoxy) is 1. The Morgan fingerprint density at radius 3 is 2.31 bits per heavy atom. The van der Waals surface area contributed by atoms with Gasteiger partial charge in [-0.15, -0.1) is 0 Å². The fraction of sp³-hybridized carbons (Fsp3) is 0.722. The van der Waals surface area contributed by atoms with Gasteiger partial charge in [0.25, 0.3) is 0 Å². The highest BCUT2D eigenvalue weighted by Gasteiger charge is 2.41. The highest BCUT2D eigenvalue weighted by molar-refractivity contribution is 7.88. The van der Waals surface area contributed by atoms with Gasteiger partial charge in [-0.1, -0.05) is 50.5 Å². The van der Waals surface area contributed by atoms with E-state index in [1.165, 1.54) is 21.8 Å². The summed E-state index contributed by atoms with van der Waals surface area (Å²) in [6.45, 7) is 9.10. The molecule has 0 spiro atoms. The standard InChI is InChI=1S/C36H57N5O7S/c1-24(32(42)37-30-19-13-17-26-14-11-12-18-29(26)30)22-41(49(7,46)47)28-20-21-40(23-28)34(44)31(27-15-9-8-10-16-27)38-33(43)25(2)39(6)35(45)48-36(3,4)5/h11-12,14,18,24-25,27-28,30-31H,8-10,13,15-17,19-23H2,1-7H3,(H,37,42)(H,38,43). The van der Waals surface area contributed by atoms with Crippen molar-refractivity contribution in [2.24, 2.45) is 11.8 Å². The zero-order chi connectivity index (χ0) is 36.1. The van der Waals surface area contributed by atoms with Gasteiger partial charge in [0.2, 0.25) is 27.7 Å². The van der Waals surface area contributed by atoms with Gasteiger partial charge in [-0.05, 0) is 83.3 Å². The van der Waals surface area contributed by atoms with Gasteiger partial charge in [-0.2, -0.15) is 4.31 Å². The Balaban J connectivity index is 1.43. The first-order valence-electron chi connectivity index (χ1n) is 17.9. The lowest BCUT2D eigenvalue weighted by Gasteiger charge is -2.35. The fourth-order valence-corrected chi connectivity index (χ4v) is 8.50. The van der Waals surface area contributed by atoms with Crippen LogP contribution in [-0.2, 0) is 35.6 Å². The maximum Gasteiger partial charge on any atom is 0.410 e. The summed E-state index contributed by atoms with van der Waals surface area (Å²) in [5, 5.41) is 6.12. The first-order chi connectivity index (χ1) is 23.0. The first-order valence-corrected chi connectivity index (χ1v) is 19.7. The second-order valence-electron chi connectivity index (χ2n) is 15.3. The molecule has 0 radical (unpaired) electrons. The third-order valence-electron chi connectivity index (χ3n) is 10.2. The zero-order valence-electron chi connectivity index (χ0n) is 30.4. The van der Waals surface area contributed by atoms with Crippen molar-refractivity contribution in [1.29, 1.82) is 0 Å². The molecule has 0 aromatic heterocycles. The van der Waals surface area contributed by atoms with Gasteiger partial charge in [0.15, 0.2) is 0 Å². The molecule has 2 aliphatic carbocycles. The van der Waals surface area contributed by atoms with Crippen molar-refractivity contribution in [3.63, 3.8) is 0 Å². The van der Waals surface area contributed by atoms with Gasteiger partial charge in [-0.25, -0.2) is 13.2 Å². The summed E-state index contributed by atoms with van der Waals surface area (Å²) in [6, 6.07) is 5.82. The van der Waals surface area contributed by atoms with Crippen LogP contribution in [0, 0.1) is 11.8 Å². The maximum absolute atomic E-state index is 14.1. The van der Waals surface area contributed by atoms with Crippen molar-refractivity contribution < 1.29 is 32.3 Å². The molecule has 3 aliphatic rings. The Kier molecular flexibility index (Phi) is 12.8. The average Bonchev–Trinajstić information content (AvgIpc) is 3.54. The Bertz CT molecular complexity index is 1460. The normalized spacial score (nSPS) is 22.1. The Labute approximate surface area is 292 Å². The zero-order valence-corrected chi connectivity index (χ0v) is 31.2. The van der Waals surface area contributed by atoms with Crippen LogP contribution >= 0.6 is 0 Å². The van der Waals surface area contributed by atoms with Crippen molar-refractivity contribution in [3.05, 3.63) is 35.4 Å². The van der Waals surface area contributed by atoms with Crippen molar-refractivity contribution in [2.75, 3.05) is 32.9 Å². The molecule has 13 heteroatoms. The van der Waals surface area contributed by atoms with E-state index < -0.39 is 51.7 Å². The molecule has 12 nitrogen and oxygen atoms in total. The molecule has 1 aromatic rings. The minimum atomic E-state index is -3.71. The number of carbonyl (C=O) groups excluding carboxylic acids is 4. The summed E-state index contributed by atoms with van der Waals surface area (Å²) in [7, 11) is -2.22. The number of likely N-dealkylation sites (tertiary alicyclic amines) is 1. The highest BCUT2D eigenvalue weighted by atomic mass is 32.2. The summed E-state index contributed by atoms with van der Waals surface area (Å²) in [4.78, 5) is 56.5. The smallest absolute Gasteiger partial charge is 0.410 e. The van der Waals surface area contributed by atoms with Crippen molar-refractivity contribution in [3.8, 4) is 0 Å². The minimum absolute atomic E-state index is 0.00301. The number of carbonyl (C=O) groups is 4. The molecule has 1 aromatic carbocycles. The summed E-state index contributed by atoms with van der Waals surface area (Å²) in [5.41, 5.74) is 1.62. The number of fused-ring (bicyclic) bond motifs is 1. The van der Waals surface area contributed by atoms with Crippen molar-refractivity contribution >= 4 is 33.8 Å². The molecule has 2 N–H and O–H groups in total. The number of hydrogen-bond donors (Lipinski definition) is 2. The lowest BCUT2D eigenvalue weighted by molar-refractivity contribution is -0.138. The number of benzene rings is 1. The molecular weight excluding hydrogens is 646 g/mol. The number of nitrogens with zero attached hydrogens (tertiary/aromatic N) is 3. The Morgan fingerprint density at radius 1 is 0.980 bits per heavy atom. The molecule has 5 unspecified atom stereocenters. The van der Waals surface area contributed by atoms with Crippen molar-refractivity contribution in [2.45, 2.75) is 122 Å². The quantitative estimate of drug-likeness (QED) is 0.355. The maximum atomic E-state index is 14.1. The number of aryl methyl sites for hydroxylation is 1. The summed E-state index contributed by atoms with van der Waals surface area (Å²) < 4.78 is 33.0. The SMILES string of the molecule is CC(CN(C1CCN(C(=O)C(NC(=O)C(C)N(C)C(=O)OC(C)(C)C)C2CCCCC2)C1)S(C)(=O)=O)C(=O)NC1CCCc2ccccc21. The van der Waals surface area contributed by atoms with E-state index in [0.29, 0.717) is 13.0 Å². The van der Waals surface area contributed by atoms with Gasteiger partial charge in [0, 0.05) is 38.6 Å². The lowest BCUT2D eigenvalue weighted by atomic mass is 9.83. The fourth-order valence-electron chi connectivity index (χ4n) is 7.29. The topological polar surface area (TPSA) is 145 Å². The van der Waals surface area contributed by atoms with Crippen LogP contribution in [0.25, 0.3) is 0 Å². The highest BCUT2D eigenvalue weighted by Crippen LogP contribution is 2.31. The summed E-state index contributed by atoms with van der Waals surface area (Å²) in [6.07, 6.45) is 8.27. The predicted octanol–water partition coefficient (Wildman–Crippen LogP) is 4.00. The molecular formula is C36H57N5O7S. The van der Waals surface area contributed by atoms with E-state index in [-0.39, 0.29) is 36.9 Å². The van der Waals surface area contributed by atoms with Crippen LogP contribution in [0.5, 0.6) is 0 Å².